The second kappa shape index (κ2) is 16.2. The van der Waals surface area contributed by atoms with E-state index in [-0.39, 0.29) is 0 Å². The van der Waals surface area contributed by atoms with Crippen LogP contribution >= 0.6 is 0 Å². The zero-order valence-corrected chi connectivity index (χ0v) is 35.6. The van der Waals surface area contributed by atoms with Gasteiger partial charge in [-0.15, -0.1) is 0 Å². The summed E-state index contributed by atoms with van der Waals surface area (Å²) in [6.45, 7) is 0. The lowest BCUT2D eigenvalue weighted by atomic mass is 9.99. The van der Waals surface area contributed by atoms with Crippen molar-refractivity contribution in [1.82, 2.24) is 0 Å². The Balaban J connectivity index is 0.858. The molecule has 0 bridgehead atoms. The van der Waals surface area contributed by atoms with Crippen molar-refractivity contribution >= 4 is 77.6 Å². The Morgan fingerprint density at radius 2 is 0.585 bits per heavy atom. The van der Waals surface area contributed by atoms with E-state index in [0.29, 0.717) is 0 Å². The molecule has 0 spiro atoms. The third kappa shape index (κ3) is 7.25. The van der Waals surface area contributed by atoms with Crippen molar-refractivity contribution < 1.29 is 4.42 Å². The minimum atomic E-state index is 0.879. The summed E-state index contributed by atoms with van der Waals surface area (Å²) in [6.07, 6.45) is 0. The van der Waals surface area contributed by atoms with Gasteiger partial charge in [-0.3, -0.25) is 0 Å². The Morgan fingerprint density at radius 3 is 1.14 bits per heavy atom. The van der Waals surface area contributed by atoms with Crippen molar-refractivity contribution in [2.45, 2.75) is 0 Å². The van der Waals surface area contributed by atoms with Crippen molar-refractivity contribution in [3.8, 4) is 33.4 Å². The molecule has 1 heterocycles. The molecule has 0 aliphatic carbocycles. The lowest BCUT2D eigenvalue weighted by Gasteiger charge is -2.26. The molecule has 1 aromatic heterocycles. The summed E-state index contributed by atoms with van der Waals surface area (Å²) in [5.74, 6) is 0. The van der Waals surface area contributed by atoms with E-state index in [4.69, 9.17) is 4.42 Å². The largest absolute Gasteiger partial charge is 0.456 e. The molecule has 0 saturated carbocycles. The maximum Gasteiger partial charge on any atom is 0.136 e. The van der Waals surface area contributed by atoms with Crippen LogP contribution < -0.4 is 9.80 Å². The minimum absolute atomic E-state index is 0.879. The molecule has 0 amide bonds. The van der Waals surface area contributed by atoms with Gasteiger partial charge >= 0.3 is 0 Å². The minimum Gasteiger partial charge on any atom is -0.456 e. The van der Waals surface area contributed by atoms with E-state index in [2.05, 4.69) is 265 Å². The third-order valence-corrected chi connectivity index (χ3v) is 12.6. The third-order valence-electron chi connectivity index (χ3n) is 12.6. The normalized spacial score (nSPS) is 11.4. The van der Waals surface area contributed by atoms with Crippen LogP contribution in [0.4, 0.5) is 34.1 Å². The molecule has 0 radical (unpaired) electrons. The molecular weight excluding hydrogens is 789 g/mol. The van der Waals surface area contributed by atoms with Crippen LogP contribution in [0.15, 0.2) is 259 Å². The smallest absolute Gasteiger partial charge is 0.136 e. The maximum atomic E-state index is 6.67. The van der Waals surface area contributed by atoms with Gasteiger partial charge in [-0.25, -0.2) is 0 Å². The molecule has 3 nitrogen and oxygen atoms in total. The summed E-state index contributed by atoms with van der Waals surface area (Å²) in [5, 5.41) is 6.89. The Hall–Kier alpha value is -8.66. The number of benzene rings is 11. The van der Waals surface area contributed by atoms with Crippen LogP contribution in [0.25, 0.3) is 76.9 Å². The van der Waals surface area contributed by atoms with Crippen molar-refractivity contribution in [2.24, 2.45) is 0 Å². The highest BCUT2D eigenvalue weighted by Crippen LogP contribution is 2.41. The fourth-order valence-corrected chi connectivity index (χ4v) is 9.29. The summed E-state index contributed by atoms with van der Waals surface area (Å²) in [6, 6.07) is 91.2. The van der Waals surface area contributed by atoms with E-state index in [1.54, 1.807) is 0 Å². The molecule has 11 aromatic carbocycles. The van der Waals surface area contributed by atoms with E-state index in [9.17, 15) is 0 Å². The topological polar surface area (TPSA) is 19.6 Å². The lowest BCUT2D eigenvalue weighted by Crippen LogP contribution is -2.09. The average Bonchev–Trinajstić information content (AvgIpc) is 3.73. The second-order valence-electron chi connectivity index (χ2n) is 16.6. The van der Waals surface area contributed by atoms with E-state index in [1.807, 2.05) is 0 Å². The Labute approximate surface area is 378 Å². The first-order chi connectivity index (χ1) is 32.2. The van der Waals surface area contributed by atoms with Gasteiger partial charge in [0.15, 0.2) is 0 Å². The predicted octanol–water partition coefficient (Wildman–Crippen LogP) is 17.8. The van der Waals surface area contributed by atoms with Gasteiger partial charge in [0.05, 0.1) is 0 Å². The first kappa shape index (κ1) is 38.0. The number of furan rings is 1. The van der Waals surface area contributed by atoms with E-state index < -0.39 is 0 Å². The van der Waals surface area contributed by atoms with Crippen LogP contribution in [0, 0.1) is 0 Å². The molecule has 12 rings (SSSR count). The van der Waals surface area contributed by atoms with Gasteiger partial charge in [-0.05, 0) is 158 Å². The Kier molecular flexibility index (Phi) is 9.50. The first-order valence-electron chi connectivity index (χ1n) is 22.1. The number of anilines is 6. The average molecular weight is 831 g/mol. The zero-order valence-electron chi connectivity index (χ0n) is 35.6. The van der Waals surface area contributed by atoms with Crippen LogP contribution in [0.3, 0.4) is 0 Å². The predicted molar refractivity (Wildman–Crippen MR) is 274 cm³/mol. The fraction of sp³-hybridized carbons (Fsp3) is 0. The van der Waals surface area contributed by atoms with Gasteiger partial charge in [0.2, 0.25) is 0 Å². The van der Waals surface area contributed by atoms with Crippen molar-refractivity contribution in [3.05, 3.63) is 255 Å². The van der Waals surface area contributed by atoms with Crippen LogP contribution in [0.1, 0.15) is 0 Å². The molecule has 0 aliphatic rings. The second-order valence-corrected chi connectivity index (χ2v) is 16.6. The summed E-state index contributed by atoms with van der Waals surface area (Å²) in [4.78, 5) is 4.64. The molecule has 0 atom stereocenters. The molecule has 306 valence electrons. The number of fused-ring (bicyclic) bond motifs is 5. The molecule has 0 fully saturated rings. The van der Waals surface area contributed by atoms with Gasteiger partial charge in [0.1, 0.15) is 11.2 Å². The summed E-state index contributed by atoms with van der Waals surface area (Å²) >= 11 is 0. The number of nitrogens with zero attached hydrogens (tertiary/aromatic N) is 2. The van der Waals surface area contributed by atoms with Crippen LogP contribution in [0.5, 0.6) is 0 Å². The summed E-state index contributed by atoms with van der Waals surface area (Å²) < 4.78 is 6.67. The van der Waals surface area contributed by atoms with Crippen molar-refractivity contribution in [2.75, 3.05) is 9.80 Å². The van der Waals surface area contributed by atoms with Gasteiger partial charge < -0.3 is 14.2 Å². The molecule has 65 heavy (non-hydrogen) atoms. The van der Waals surface area contributed by atoms with Crippen LogP contribution in [-0.2, 0) is 0 Å². The summed E-state index contributed by atoms with van der Waals surface area (Å²) in [7, 11) is 0. The standard InChI is InChI=1S/C62H42N2O/c1-5-13-43(14-6-1)45-23-30-55(31-24-45)63(53-17-9-3-10-18-53)57-34-27-48-37-47(21-22-49(48)38-57)51-29-36-59-60-40-50-28-35-58(39-52(50)42-62(60)65-61(59)41-51)64(54-19-11-4-12-20-54)56-32-25-46(26-33-56)44-15-7-2-8-16-44/h1-42H. The van der Waals surface area contributed by atoms with Gasteiger partial charge in [-0.2, -0.15) is 0 Å². The van der Waals surface area contributed by atoms with Gasteiger partial charge in [-0.1, -0.05) is 152 Å². The Bertz CT molecular complexity index is 3620. The molecule has 0 aliphatic heterocycles. The SMILES string of the molecule is c1ccc(-c2ccc(N(c3ccccc3)c3ccc4cc(-c5ccc6c(c5)oc5cc7cc(N(c8ccccc8)c8ccc(-c9ccccc9)cc8)ccc7cc56)ccc4c3)cc2)cc1. The van der Waals surface area contributed by atoms with Crippen LogP contribution in [0.2, 0.25) is 0 Å². The van der Waals surface area contributed by atoms with E-state index in [0.717, 1.165) is 72.6 Å². The van der Waals surface area contributed by atoms with E-state index in [1.165, 1.54) is 38.4 Å². The van der Waals surface area contributed by atoms with Crippen LogP contribution in [-0.4, -0.2) is 0 Å². The van der Waals surface area contributed by atoms with Gasteiger partial charge in [0, 0.05) is 44.9 Å². The molecular formula is C62H42N2O. The fourth-order valence-electron chi connectivity index (χ4n) is 9.29. The number of hydrogen-bond acceptors (Lipinski definition) is 3. The quantitative estimate of drug-likeness (QED) is 0.144. The zero-order chi connectivity index (χ0) is 43.1. The molecule has 0 unspecified atom stereocenters. The number of para-hydroxylation sites is 2. The molecule has 12 aromatic rings. The van der Waals surface area contributed by atoms with Crippen molar-refractivity contribution in [3.63, 3.8) is 0 Å². The Morgan fingerprint density at radius 1 is 0.215 bits per heavy atom. The highest BCUT2D eigenvalue weighted by Gasteiger charge is 2.17. The highest BCUT2D eigenvalue weighted by molar-refractivity contribution is 6.11. The lowest BCUT2D eigenvalue weighted by molar-refractivity contribution is 0.669. The van der Waals surface area contributed by atoms with E-state index >= 15 is 0 Å². The number of hydrogen-bond donors (Lipinski definition) is 0. The number of rotatable bonds is 9. The molecule has 0 saturated heterocycles. The van der Waals surface area contributed by atoms with Gasteiger partial charge in [0.25, 0.3) is 0 Å². The first-order valence-corrected chi connectivity index (χ1v) is 22.1. The molecule has 0 N–H and O–H groups in total. The highest BCUT2D eigenvalue weighted by atomic mass is 16.3. The summed E-state index contributed by atoms with van der Waals surface area (Å²) in [5.41, 5.74) is 15.5. The monoisotopic (exact) mass is 830 g/mol. The van der Waals surface area contributed by atoms with Crippen molar-refractivity contribution in [1.29, 1.82) is 0 Å². The molecule has 3 heteroatoms. The maximum absolute atomic E-state index is 6.67.